The number of para-hydroxylation sites is 1. The van der Waals surface area contributed by atoms with E-state index in [0.29, 0.717) is 18.8 Å². The number of amides is 2. The van der Waals surface area contributed by atoms with Crippen molar-refractivity contribution in [3.8, 4) is 0 Å². The number of hydrogen-bond acceptors (Lipinski definition) is 3. The molecule has 5 nitrogen and oxygen atoms in total. The van der Waals surface area contributed by atoms with E-state index >= 15 is 0 Å². The van der Waals surface area contributed by atoms with Gasteiger partial charge in [-0.05, 0) is 56.8 Å². The van der Waals surface area contributed by atoms with Crippen LogP contribution in [-0.4, -0.2) is 43.4 Å². The lowest BCUT2D eigenvalue weighted by Gasteiger charge is -2.33. The molecule has 0 radical (unpaired) electrons. The Kier molecular flexibility index (Phi) is 5.51. The third-order valence-electron chi connectivity index (χ3n) is 5.18. The summed E-state index contributed by atoms with van der Waals surface area (Å²) < 4.78 is 0. The summed E-state index contributed by atoms with van der Waals surface area (Å²) in [7, 11) is 1.96. The van der Waals surface area contributed by atoms with Gasteiger partial charge in [0.1, 0.15) is 0 Å². The molecular weight excluding hydrogens is 302 g/mol. The van der Waals surface area contributed by atoms with Crippen LogP contribution in [0.25, 0.3) is 0 Å². The fourth-order valence-electron chi connectivity index (χ4n) is 3.85. The fraction of sp³-hybridized carbons (Fsp3) is 0.579. The number of carbonyl (C=O) groups is 2. The molecule has 2 heterocycles. The number of carbonyl (C=O) groups excluding carboxylic acids is 2. The van der Waals surface area contributed by atoms with Crippen molar-refractivity contribution in [2.24, 2.45) is 11.8 Å². The van der Waals surface area contributed by atoms with Gasteiger partial charge in [0.25, 0.3) is 0 Å². The Morgan fingerprint density at radius 2 is 2.21 bits per heavy atom. The molecule has 0 spiro atoms. The van der Waals surface area contributed by atoms with Crippen LogP contribution in [0.4, 0.5) is 5.69 Å². The van der Waals surface area contributed by atoms with Crippen LogP contribution < -0.4 is 10.6 Å². The van der Waals surface area contributed by atoms with E-state index in [1.165, 1.54) is 12.0 Å². The summed E-state index contributed by atoms with van der Waals surface area (Å²) in [6.45, 7) is 2.67. The summed E-state index contributed by atoms with van der Waals surface area (Å²) in [6, 6.07) is 7.91. The number of fused-ring (bicyclic) bond motifs is 1. The lowest BCUT2D eigenvalue weighted by atomic mass is 9.89. The number of anilines is 1. The first-order valence-corrected chi connectivity index (χ1v) is 8.98. The van der Waals surface area contributed by atoms with Gasteiger partial charge in [-0.1, -0.05) is 18.2 Å². The number of benzene rings is 1. The van der Waals surface area contributed by atoms with E-state index in [4.69, 9.17) is 0 Å². The molecule has 0 bridgehead atoms. The molecule has 2 amide bonds. The van der Waals surface area contributed by atoms with Crippen molar-refractivity contribution in [2.45, 2.75) is 32.1 Å². The van der Waals surface area contributed by atoms with Crippen LogP contribution in [0.5, 0.6) is 0 Å². The van der Waals surface area contributed by atoms with Gasteiger partial charge in [-0.25, -0.2) is 0 Å². The first-order valence-electron chi connectivity index (χ1n) is 8.98. The maximum Gasteiger partial charge on any atom is 0.227 e. The monoisotopic (exact) mass is 329 g/mol. The van der Waals surface area contributed by atoms with Crippen molar-refractivity contribution in [1.82, 2.24) is 10.2 Å². The third-order valence-corrected chi connectivity index (χ3v) is 5.18. The first kappa shape index (κ1) is 17.0. The van der Waals surface area contributed by atoms with E-state index in [2.05, 4.69) is 16.7 Å². The smallest absolute Gasteiger partial charge is 0.227 e. The van der Waals surface area contributed by atoms with Crippen molar-refractivity contribution < 1.29 is 9.59 Å². The van der Waals surface area contributed by atoms with Crippen molar-refractivity contribution in [3.05, 3.63) is 29.8 Å². The quantitative estimate of drug-likeness (QED) is 0.869. The predicted molar refractivity (Wildman–Crippen MR) is 94.7 cm³/mol. The molecule has 1 saturated heterocycles. The maximum absolute atomic E-state index is 12.5. The Morgan fingerprint density at radius 3 is 3.04 bits per heavy atom. The molecule has 3 rings (SSSR count). The number of nitrogens with zero attached hydrogens (tertiary/aromatic N) is 1. The summed E-state index contributed by atoms with van der Waals surface area (Å²) in [5.41, 5.74) is 2.08. The lowest BCUT2D eigenvalue weighted by molar-refractivity contribution is -0.133. The number of hydrogen-bond donors (Lipinski definition) is 2. The molecule has 1 fully saturated rings. The summed E-state index contributed by atoms with van der Waals surface area (Å²) in [5.74, 6) is 0.704. The summed E-state index contributed by atoms with van der Waals surface area (Å²) >= 11 is 0. The van der Waals surface area contributed by atoms with Gasteiger partial charge in [0.15, 0.2) is 0 Å². The number of likely N-dealkylation sites (tertiary alicyclic amines) is 1. The van der Waals surface area contributed by atoms with Crippen molar-refractivity contribution >= 4 is 17.5 Å². The first-order chi connectivity index (χ1) is 11.7. The van der Waals surface area contributed by atoms with E-state index in [9.17, 15) is 9.59 Å². The highest BCUT2D eigenvalue weighted by Gasteiger charge is 2.28. The Bertz CT molecular complexity index is 600. The van der Waals surface area contributed by atoms with E-state index in [1.54, 1.807) is 0 Å². The van der Waals surface area contributed by atoms with Gasteiger partial charge in [0, 0.05) is 31.1 Å². The van der Waals surface area contributed by atoms with Crippen molar-refractivity contribution in [1.29, 1.82) is 0 Å². The molecule has 0 saturated carbocycles. The molecule has 2 aliphatic heterocycles. The van der Waals surface area contributed by atoms with Crippen LogP contribution in [0, 0.1) is 11.8 Å². The molecule has 2 N–H and O–H groups in total. The second-order valence-corrected chi connectivity index (χ2v) is 6.99. The highest BCUT2D eigenvalue weighted by molar-refractivity contribution is 5.96. The zero-order valence-corrected chi connectivity index (χ0v) is 14.4. The molecular formula is C19H27N3O2. The minimum absolute atomic E-state index is 0.0493. The molecule has 1 aromatic rings. The SMILES string of the molecule is CNCC1CCCN(C(=O)CCC2Cc3ccccc3NC2=O)C1. The van der Waals surface area contributed by atoms with Gasteiger partial charge in [-0.3, -0.25) is 9.59 Å². The normalized spacial score (nSPS) is 23.5. The Labute approximate surface area is 143 Å². The molecule has 24 heavy (non-hydrogen) atoms. The molecule has 2 unspecified atom stereocenters. The second kappa shape index (κ2) is 7.79. The average molecular weight is 329 g/mol. The largest absolute Gasteiger partial charge is 0.342 e. The Morgan fingerprint density at radius 1 is 1.38 bits per heavy atom. The van der Waals surface area contributed by atoms with Gasteiger partial charge in [0.05, 0.1) is 0 Å². The molecule has 0 aliphatic carbocycles. The summed E-state index contributed by atoms with van der Waals surface area (Å²) in [5, 5.41) is 6.17. The highest BCUT2D eigenvalue weighted by atomic mass is 16.2. The minimum Gasteiger partial charge on any atom is -0.342 e. The van der Waals surface area contributed by atoms with E-state index in [-0.39, 0.29) is 17.7 Å². The van der Waals surface area contributed by atoms with Crippen LogP contribution in [0.2, 0.25) is 0 Å². The number of nitrogens with one attached hydrogen (secondary N) is 2. The maximum atomic E-state index is 12.5. The number of piperidine rings is 1. The molecule has 130 valence electrons. The molecule has 0 aromatic heterocycles. The van der Waals surface area contributed by atoms with E-state index in [0.717, 1.165) is 38.2 Å². The second-order valence-electron chi connectivity index (χ2n) is 6.99. The lowest BCUT2D eigenvalue weighted by Crippen LogP contribution is -2.42. The van der Waals surface area contributed by atoms with Crippen LogP contribution in [0.3, 0.4) is 0 Å². The summed E-state index contributed by atoms with van der Waals surface area (Å²) in [4.78, 5) is 26.7. The molecule has 2 atom stereocenters. The Hall–Kier alpha value is -1.88. The van der Waals surface area contributed by atoms with Crippen LogP contribution in [0.1, 0.15) is 31.2 Å². The van der Waals surface area contributed by atoms with E-state index < -0.39 is 0 Å². The van der Waals surface area contributed by atoms with Crippen molar-refractivity contribution in [2.75, 3.05) is 32.0 Å². The van der Waals surface area contributed by atoms with Crippen LogP contribution in [-0.2, 0) is 16.0 Å². The van der Waals surface area contributed by atoms with Crippen LogP contribution >= 0.6 is 0 Å². The zero-order chi connectivity index (χ0) is 16.9. The van der Waals surface area contributed by atoms with Crippen molar-refractivity contribution in [3.63, 3.8) is 0 Å². The molecule has 1 aromatic carbocycles. The van der Waals surface area contributed by atoms with Gasteiger partial charge in [-0.2, -0.15) is 0 Å². The van der Waals surface area contributed by atoms with Gasteiger partial charge < -0.3 is 15.5 Å². The third kappa shape index (κ3) is 3.96. The van der Waals surface area contributed by atoms with Crippen LogP contribution in [0.15, 0.2) is 24.3 Å². The van der Waals surface area contributed by atoms with Gasteiger partial charge >= 0.3 is 0 Å². The average Bonchev–Trinajstić information content (AvgIpc) is 2.60. The predicted octanol–water partition coefficient (Wildman–Crippen LogP) is 2.04. The van der Waals surface area contributed by atoms with E-state index in [1.807, 2.05) is 30.1 Å². The molecule has 2 aliphatic rings. The van der Waals surface area contributed by atoms with Gasteiger partial charge in [-0.15, -0.1) is 0 Å². The standard InChI is InChI=1S/C19H27N3O2/c1-20-12-14-5-4-10-22(13-14)18(23)9-8-16-11-15-6-2-3-7-17(15)21-19(16)24/h2-3,6-7,14,16,20H,4-5,8-13H2,1H3,(H,21,24). The minimum atomic E-state index is -0.0956. The highest BCUT2D eigenvalue weighted by Crippen LogP contribution is 2.28. The number of rotatable bonds is 5. The fourth-order valence-corrected chi connectivity index (χ4v) is 3.85. The summed E-state index contributed by atoms with van der Waals surface area (Å²) in [6.07, 6.45) is 4.10. The topological polar surface area (TPSA) is 61.4 Å². The zero-order valence-electron chi connectivity index (χ0n) is 14.4. The molecule has 5 heteroatoms. The van der Waals surface area contributed by atoms with Gasteiger partial charge in [0.2, 0.25) is 11.8 Å². The Balaban J connectivity index is 1.52.